The highest BCUT2D eigenvalue weighted by molar-refractivity contribution is 5.85. The number of likely N-dealkylation sites (N-methyl/N-ethyl adjacent to an activating group) is 1. The number of hydrogen-bond donors (Lipinski definition) is 2. The summed E-state index contributed by atoms with van der Waals surface area (Å²) in [6.45, 7) is 5.90. The minimum absolute atomic E-state index is 0. The maximum absolute atomic E-state index is 13.1. The first-order valence-corrected chi connectivity index (χ1v) is 9.19. The third-order valence-electron chi connectivity index (χ3n) is 5.91. The van der Waals surface area contributed by atoms with Crippen LogP contribution in [-0.4, -0.2) is 25.0 Å². The minimum Gasteiger partial charge on any atom is -0.354 e. The van der Waals surface area contributed by atoms with Gasteiger partial charge in [-0.25, -0.2) is 0 Å². The lowest BCUT2D eigenvalue weighted by molar-refractivity contribution is -0.134. The Balaban J connectivity index is 0.00000208. The number of carbonyl (C=O) groups is 1. The average molecular weight is 351 g/mol. The predicted molar refractivity (Wildman–Crippen MR) is 101 cm³/mol. The summed E-state index contributed by atoms with van der Waals surface area (Å²) in [7, 11) is 0. The van der Waals surface area contributed by atoms with Gasteiger partial charge < -0.3 is 10.6 Å². The summed E-state index contributed by atoms with van der Waals surface area (Å²) in [5, 5.41) is 6.63. The van der Waals surface area contributed by atoms with Crippen molar-refractivity contribution >= 4 is 18.3 Å². The van der Waals surface area contributed by atoms with E-state index >= 15 is 0 Å². The molecule has 2 N–H and O–H groups in total. The van der Waals surface area contributed by atoms with Gasteiger partial charge in [0.2, 0.25) is 5.91 Å². The molecule has 2 aliphatic carbocycles. The summed E-state index contributed by atoms with van der Waals surface area (Å²) >= 11 is 0. The van der Waals surface area contributed by atoms with Gasteiger partial charge in [0.25, 0.3) is 0 Å². The highest BCUT2D eigenvalue weighted by Gasteiger charge is 2.55. The lowest BCUT2D eigenvalue weighted by atomic mass is 9.68. The molecule has 0 spiro atoms. The Kier molecular flexibility index (Phi) is 6.70. The first-order valence-electron chi connectivity index (χ1n) is 9.19. The molecule has 1 amide bonds. The van der Waals surface area contributed by atoms with Gasteiger partial charge in [-0.05, 0) is 56.6 Å². The molecule has 2 aliphatic rings. The maximum atomic E-state index is 13.1. The van der Waals surface area contributed by atoms with Crippen molar-refractivity contribution < 1.29 is 4.79 Å². The molecule has 24 heavy (non-hydrogen) atoms. The number of amides is 1. The van der Waals surface area contributed by atoms with E-state index in [9.17, 15) is 4.79 Å². The molecule has 0 saturated heterocycles. The normalized spacial score (nSPS) is 29.1. The van der Waals surface area contributed by atoms with Crippen LogP contribution in [-0.2, 0) is 11.2 Å². The van der Waals surface area contributed by atoms with Crippen LogP contribution < -0.4 is 10.6 Å². The van der Waals surface area contributed by atoms with Crippen molar-refractivity contribution in [2.45, 2.75) is 52.0 Å². The van der Waals surface area contributed by atoms with Crippen molar-refractivity contribution in [2.75, 3.05) is 13.1 Å². The Morgan fingerprint density at radius 2 is 2.04 bits per heavy atom. The monoisotopic (exact) mass is 350 g/mol. The molecule has 0 heterocycles. The van der Waals surface area contributed by atoms with Crippen LogP contribution in [0.4, 0.5) is 0 Å². The zero-order valence-electron chi connectivity index (χ0n) is 14.9. The molecule has 4 heteroatoms. The Labute approximate surface area is 152 Å². The summed E-state index contributed by atoms with van der Waals surface area (Å²) in [6, 6.07) is 10.9. The number of nitrogens with one attached hydrogen (secondary N) is 2. The molecule has 1 aromatic carbocycles. The minimum atomic E-state index is -0.170. The van der Waals surface area contributed by atoms with E-state index in [1.165, 1.54) is 24.8 Å². The molecule has 134 valence electrons. The van der Waals surface area contributed by atoms with E-state index < -0.39 is 0 Å². The summed E-state index contributed by atoms with van der Waals surface area (Å²) in [4.78, 5) is 13.1. The molecule has 2 fully saturated rings. The summed E-state index contributed by atoms with van der Waals surface area (Å²) in [6.07, 6.45) is 5.78. The van der Waals surface area contributed by atoms with Crippen molar-refractivity contribution in [2.24, 2.45) is 17.3 Å². The van der Waals surface area contributed by atoms with E-state index in [-0.39, 0.29) is 17.8 Å². The number of carbonyl (C=O) groups excluding carboxylic acids is 1. The van der Waals surface area contributed by atoms with Crippen LogP contribution in [0.5, 0.6) is 0 Å². The molecule has 0 aliphatic heterocycles. The molecule has 2 bridgehead atoms. The molecule has 3 nitrogen and oxygen atoms in total. The molecule has 3 rings (SSSR count). The van der Waals surface area contributed by atoms with E-state index in [0.717, 1.165) is 31.8 Å². The Morgan fingerprint density at radius 3 is 2.62 bits per heavy atom. The lowest BCUT2D eigenvalue weighted by Crippen LogP contribution is -2.49. The smallest absolute Gasteiger partial charge is 0.226 e. The van der Waals surface area contributed by atoms with Gasteiger partial charge in [-0.2, -0.15) is 0 Å². The van der Waals surface area contributed by atoms with Crippen molar-refractivity contribution in [1.29, 1.82) is 0 Å². The van der Waals surface area contributed by atoms with E-state index in [0.29, 0.717) is 17.9 Å². The number of benzene rings is 1. The lowest BCUT2D eigenvalue weighted by Gasteiger charge is -2.37. The fraction of sp³-hybridized carbons (Fsp3) is 0.650. The fourth-order valence-corrected chi connectivity index (χ4v) is 4.82. The van der Waals surface area contributed by atoms with Crippen LogP contribution in [0.25, 0.3) is 0 Å². The van der Waals surface area contributed by atoms with Gasteiger partial charge in [0.15, 0.2) is 0 Å². The van der Waals surface area contributed by atoms with Crippen LogP contribution in [0.15, 0.2) is 30.3 Å². The maximum Gasteiger partial charge on any atom is 0.226 e. The molecular weight excluding hydrogens is 320 g/mol. The summed E-state index contributed by atoms with van der Waals surface area (Å²) < 4.78 is 0. The molecule has 3 unspecified atom stereocenters. The van der Waals surface area contributed by atoms with Gasteiger partial charge in [0.1, 0.15) is 0 Å². The van der Waals surface area contributed by atoms with Gasteiger partial charge in [0.05, 0.1) is 5.41 Å². The first-order chi connectivity index (χ1) is 11.1. The van der Waals surface area contributed by atoms with Gasteiger partial charge >= 0.3 is 0 Å². The molecule has 4 atom stereocenters. The van der Waals surface area contributed by atoms with Crippen molar-refractivity contribution in [3.63, 3.8) is 0 Å². The molecule has 0 aromatic heterocycles. The number of halogens is 1. The topological polar surface area (TPSA) is 41.1 Å². The summed E-state index contributed by atoms with van der Waals surface area (Å²) in [5.41, 5.74) is 1.13. The Bertz CT molecular complexity index is 536. The molecule has 0 radical (unpaired) electrons. The number of fused-ring (bicyclic) bond motifs is 2. The van der Waals surface area contributed by atoms with Crippen molar-refractivity contribution in [1.82, 2.24) is 10.6 Å². The predicted octanol–water partition coefficient (Wildman–Crippen LogP) is 3.57. The number of rotatable bonds is 7. The van der Waals surface area contributed by atoms with Gasteiger partial charge in [-0.1, -0.05) is 43.7 Å². The SMILES string of the molecule is CCN[C@H](C)CNC(=O)C1(Cc2ccccc2)CC2CCC1C2.Cl. The zero-order chi connectivity index (χ0) is 16.3. The average Bonchev–Trinajstić information content (AvgIpc) is 3.15. The second kappa shape index (κ2) is 8.35. The van der Waals surface area contributed by atoms with Crippen LogP contribution in [0.3, 0.4) is 0 Å². The first kappa shape index (κ1) is 19.3. The van der Waals surface area contributed by atoms with Gasteiger partial charge in [-0.3, -0.25) is 4.79 Å². The van der Waals surface area contributed by atoms with Gasteiger partial charge in [-0.15, -0.1) is 12.4 Å². The highest BCUT2D eigenvalue weighted by Crippen LogP contribution is 2.57. The van der Waals surface area contributed by atoms with E-state index in [1.807, 2.05) is 0 Å². The molecule has 1 aromatic rings. The van der Waals surface area contributed by atoms with Crippen LogP contribution >= 0.6 is 12.4 Å². The summed E-state index contributed by atoms with van der Waals surface area (Å²) in [5.74, 6) is 1.63. The fourth-order valence-electron chi connectivity index (χ4n) is 4.82. The highest BCUT2D eigenvalue weighted by atomic mass is 35.5. The van der Waals surface area contributed by atoms with Crippen LogP contribution in [0.2, 0.25) is 0 Å². The second-order valence-electron chi connectivity index (χ2n) is 7.57. The van der Waals surface area contributed by atoms with Crippen molar-refractivity contribution in [3.8, 4) is 0 Å². The van der Waals surface area contributed by atoms with Gasteiger partial charge in [0, 0.05) is 12.6 Å². The van der Waals surface area contributed by atoms with E-state index in [2.05, 4.69) is 54.8 Å². The molecule has 2 saturated carbocycles. The zero-order valence-corrected chi connectivity index (χ0v) is 15.7. The standard InChI is InChI=1S/C20H30N2O.ClH/c1-3-21-15(2)14-22-19(23)20(12-16-7-5-4-6-8-16)13-17-9-10-18(20)11-17;/h4-8,15,17-18,21H,3,9-14H2,1-2H3,(H,22,23);1H/t15-,17?,18?,20?;/m1./s1. The Hall–Kier alpha value is -1.06. The van der Waals surface area contributed by atoms with Crippen LogP contribution in [0.1, 0.15) is 45.1 Å². The second-order valence-corrected chi connectivity index (χ2v) is 7.57. The van der Waals surface area contributed by atoms with Crippen molar-refractivity contribution in [3.05, 3.63) is 35.9 Å². The third-order valence-corrected chi connectivity index (χ3v) is 5.91. The number of hydrogen-bond acceptors (Lipinski definition) is 2. The third kappa shape index (κ3) is 3.94. The quantitative estimate of drug-likeness (QED) is 0.789. The van der Waals surface area contributed by atoms with E-state index in [4.69, 9.17) is 0 Å². The van der Waals surface area contributed by atoms with E-state index in [1.54, 1.807) is 0 Å². The molecular formula is C20H31ClN2O. The van der Waals surface area contributed by atoms with Crippen LogP contribution in [0, 0.1) is 17.3 Å². The largest absolute Gasteiger partial charge is 0.354 e. The Morgan fingerprint density at radius 1 is 1.29 bits per heavy atom.